The van der Waals surface area contributed by atoms with Crippen LogP contribution in [0.25, 0.3) is 11.2 Å². The van der Waals surface area contributed by atoms with Crippen LogP contribution in [0, 0.1) is 0 Å². The van der Waals surface area contributed by atoms with Crippen molar-refractivity contribution in [3.05, 3.63) is 12.7 Å². The summed E-state index contributed by atoms with van der Waals surface area (Å²) in [6.45, 7) is 0.761. The van der Waals surface area contributed by atoms with Gasteiger partial charge in [0.15, 0.2) is 11.5 Å². The lowest BCUT2D eigenvalue weighted by molar-refractivity contribution is 0.0173. The number of aliphatic hydroxyl groups is 1. The maximum Gasteiger partial charge on any atom is 0.165 e. The van der Waals surface area contributed by atoms with Crippen LogP contribution in [-0.4, -0.2) is 56.2 Å². The predicted molar refractivity (Wildman–Crippen MR) is 78.8 cm³/mol. The number of rotatable bonds is 1. The van der Waals surface area contributed by atoms with Gasteiger partial charge in [-0.05, 0) is 0 Å². The Morgan fingerprint density at radius 3 is 2.71 bits per heavy atom. The van der Waals surface area contributed by atoms with Gasteiger partial charge in [-0.2, -0.15) is 0 Å². The van der Waals surface area contributed by atoms with E-state index in [0.29, 0.717) is 30.2 Å². The molecule has 8 nitrogen and oxygen atoms in total. The van der Waals surface area contributed by atoms with Crippen LogP contribution < -0.4 is 5.73 Å². The summed E-state index contributed by atoms with van der Waals surface area (Å²) in [5, 5.41) is 9.75. The fraction of sp³-hybridized carbons (Fsp3) is 0.545. The largest absolute Gasteiger partial charge is 0.388 e. The summed E-state index contributed by atoms with van der Waals surface area (Å²) < 4.78 is 13.1. The van der Waals surface area contributed by atoms with Gasteiger partial charge in [0.05, 0.1) is 25.6 Å². The zero-order valence-corrected chi connectivity index (χ0v) is 12.5. The highest BCUT2D eigenvalue weighted by Crippen LogP contribution is 2.35. The molecule has 2 aromatic heterocycles. The summed E-state index contributed by atoms with van der Waals surface area (Å²) in [5.74, 6) is 0.353. The summed E-state index contributed by atoms with van der Waals surface area (Å²) in [6, 6.07) is -0.0542. The Hall–Kier alpha value is -1.19. The average molecular weight is 336 g/mol. The smallest absolute Gasteiger partial charge is 0.165 e. The highest BCUT2D eigenvalue weighted by molar-refractivity contribution is 5.85. The van der Waals surface area contributed by atoms with Crippen LogP contribution in [0.5, 0.6) is 0 Å². The van der Waals surface area contributed by atoms with Gasteiger partial charge in [-0.15, -0.1) is 24.8 Å². The lowest BCUT2D eigenvalue weighted by Gasteiger charge is -2.17. The molecule has 0 bridgehead atoms. The molecular formula is C11H15Cl2N5O3. The molecule has 4 rings (SSSR count). The molecule has 2 saturated heterocycles. The molecule has 2 aromatic rings. The molecule has 2 fully saturated rings. The Morgan fingerprint density at radius 1 is 1.14 bits per heavy atom. The van der Waals surface area contributed by atoms with Crippen LogP contribution in [0.2, 0.25) is 0 Å². The third-order valence-electron chi connectivity index (χ3n) is 3.75. The normalized spacial score (nSPS) is 30.7. The molecule has 0 aliphatic carbocycles. The number of nitrogens with two attached hydrogens (primary N) is 1. The molecule has 10 heteroatoms. The minimum Gasteiger partial charge on any atom is -0.388 e. The average Bonchev–Trinajstić information content (AvgIpc) is 3.06. The second kappa shape index (κ2) is 5.90. The maximum absolute atomic E-state index is 9.75. The number of hydrogen-bond acceptors (Lipinski definition) is 7. The minimum atomic E-state index is -0.565. The number of aromatic nitrogens is 4. The molecular weight excluding hydrogens is 321 g/mol. The summed E-state index contributed by atoms with van der Waals surface area (Å²) in [7, 11) is 0. The van der Waals surface area contributed by atoms with Gasteiger partial charge in [-0.1, -0.05) is 0 Å². The number of nitrogens with zero attached hydrogens (tertiary/aromatic N) is 4. The number of fused-ring (bicyclic) bond motifs is 2. The summed E-state index contributed by atoms with van der Waals surface area (Å²) >= 11 is 0. The SMILES string of the molecule is Cl.Cl.Nc1ncnc2c1ncn2[C@@H]1COC2C1OC[C@@H]2O. The molecule has 3 N–H and O–H groups in total. The molecule has 21 heavy (non-hydrogen) atoms. The molecule has 2 aliphatic rings. The number of anilines is 1. The van der Waals surface area contributed by atoms with Crippen LogP contribution >= 0.6 is 24.8 Å². The highest BCUT2D eigenvalue weighted by Gasteiger charge is 2.48. The topological polar surface area (TPSA) is 108 Å². The second-order valence-electron chi connectivity index (χ2n) is 4.81. The van der Waals surface area contributed by atoms with Crippen LogP contribution in [0.4, 0.5) is 5.82 Å². The van der Waals surface area contributed by atoms with E-state index < -0.39 is 6.10 Å². The van der Waals surface area contributed by atoms with E-state index in [2.05, 4.69) is 15.0 Å². The van der Waals surface area contributed by atoms with Gasteiger partial charge in [0.25, 0.3) is 0 Å². The molecule has 4 atom stereocenters. The Balaban J connectivity index is 0.000000807. The molecule has 0 radical (unpaired) electrons. The van der Waals surface area contributed by atoms with Gasteiger partial charge in [-0.3, -0.25) is 0 Å². The number of imidazole rings is 1. The van der Waals surface area contributed by atoms with E-state index in [9.17, 15) is 5.11 Å². The molecule has 0 spiro atoms. The summed E-state index contributed by atoms with van der Waals surface area (Å²) in [6.07, 6.45) is 2.06. The van der Waals surface area contributed by atoms with Gasteiger partial charge >= 0.3 is 0 Å². The summed E-state index contributed by atoms with van der Waals surface area (Å²) in [4.78, 5) is 12.4. The zero-order valence-electron chi connectivity index (χ0n) is 10.8. The number of nitrogen functional groups attached to an aromatic ring is 1. The number of ether oxygens (including phenoxy) is 2. The lowest BCUT2D eigenvalue weighted by atomic mass is 10.1. The quantitative estimate of drug-likeness (QED) is 0.752. The number of halogens is 2. The van der Waals surface area contributed by atoms with Gasteiger partial charge in [0, 0.05) is 0 Å². The number of hydrogen-bond donors (Lipinski definition) is 2. The Bertz CT molecular complexity index is 639. The van der Waals surface area contributed by atoms with Crippen molar-refractivity contribution >= 4 is 41.8 Å². The van der Waals surface area contributed by atoms with E-state index in [4.69, 9.17) is 15.2 Å². The molecule has 0 aromatic carbocycles. The van der Waals surface area contributed by atoms with Crippen molar-refractivity contribution in [1.82, 2.24) is 19.5 Å². The first kappa shape index (κ1) is 16.2. The highest BCUT2D eigenvalue weighted by atomic mass is 35.5. The van der Waals surface area contributed by atoms with E-state index in [1.165, 1.54) is 6.33 Å². The van der Waals surface area contributed by atoms with Gasteiger partial charge in [-0.25, -0.2) is 15.0 Å². The minimum absolute atomic E-state index is 0. The molecule has 116 valence electrons. The molecule has 0 amide bonds. The third kappa shape index (κ3) is 2.33. The first-order chi connectivity index (χ1) is 9.25. The van der Waals surface area contributed by atoms with E-state index >= 15 is 0 Å². The van der Waals surface area contributed by atoms with Gasteiger partial charge in [0.1, 0.15) is 30.2 Å². The standard InChI is InChI=1S/C11H13N5O3.2ClH/c12-10-7-11(14-3-13-10)16(4-15-7)5-1-18-9-6(17)2-19-8(5)9;;/h3-6,8-9,17H,1-2H2,(H2,12,13,14);2*1H/t5-,6+,8?,9?;;/m1../s1. The zero-order chi connectivity index (χ0) is 13.0. The predicted octanol–water partition coefficient (Wildman–Crippen LogP) is -0.0483. The first-order valence-corrected chi connectivity index (χ1v) is 6.10. The van der Waals surface area contributed by atoms with Crippen molar-refractivity contribution < 1.29 is 14.6 Å². The van der Waals surface area contributed by atoms with E-state index in [-0.39, 0.29) is 43.1 Å². The van der Waals surface area contributed by atoms with Crippen molar-refractivity contribution in [3.8, 4) is 0 Å². The van der Waals surface area contributed by atoms with Crippen LogP contribution in [0.1, 0.15) is 6.04 Å². The van der Waals surface area contributed by atoms with Crippen LogP contribution in [0.15, 0.2) is 12.7 Å². The van der Waals surface area contributed by atoms with E-state index in [1.807, 2.05) is 4.57 Å². The van der Waals surface area contributed by atoms with Crippen LogP contribution in [0.3, 0.4) is 0 Å². The third-order valence-corrected chi connectivity index (χ3v) is 3.75. The van der Waals surface area contributed by atoms with E-state index in [0.717, 1.165) is 0 Å². The summed E-state index contributed by atoms with van der Waals surface area (Å²) in [5.41, 5.74) is 7.00. The van der Waals surface area contributed by atoms with Gasteiger partial charge in [0.2, 0.25) is 0 Å². The molecule has 2 aliphatic heterocycles. The van der Waals surface area contributed by atoms with Crippen molar-refractivity contribution in [1.29, 1.82) is 0 Å². The molecule has 2 unspecified atom stereocenters. The fourth-order valence-electron chi connectivity index (χ4n) is 2.81. The number of aliphatic hydroxyl groups excluding tert-OH is 1. The van der Waals surface area contributed by atoms with Crippen molar-refractivity contribution in [2.45, 2.75) is 24.4 Å². The molecule has 4 heterocycles. The second-order valence-corrected chi connectivity index (χ2v) is 4.81. The maximum atomic E-state index is 9.75. The molecule has 0 saturated carbocycles. The van der Waals surface area contributed by atoms with Crippen molar-refractivity contribution in [2.75, 3.05) is 18.9 Å². The van der Waals surface area contributed by atoms with Crippen molar-refractivity contribution in [2.24, 2.45) is 0 Å². The van der Waals surface area contributed by atoms with E-state index in [1.54, 1.807) is 6.33 Å². The Labute approximate surface area is 132 Å². The fourth-order valence-corrected chi connectivity index (χ4v) is 2.81. The Kier molecular flexibility index (Phi) is 4.54. The monoisotopic (exact) mass is 335 g/mol. The Morgan fingerprint density at radius 2 is 1.90 bits per heavy atom. The first-order valence-electron chi connectivity index (χ1n) is 6.10. The lowest BCUT2D eigenvalue weighted by Crippen LogP contribution is -2.30. The van der Waals surface area contributed by atoms with Crippen molar-refractivity contribution in [3.63, 3.8) is 0 Å². The van der Waals surface area contributed by atoms with Crippen LogP contribution in [-0.2, 0) is 9.47 Å². The van der Waals surface area contributed by atoms with Gasteiger partial charge < -0.3 is 24.9 Å².